The van der Waals surface area contributed by atoms with Gasteiger partial charge in [0.25, 0.3) is 5.69 Å². The summed E-state index contributed by atoms with van der Waals surface area (Å²) in [6.07, 6.45) is -4.64. The molecule has 0 bridgehead atoms. The number of anilines is 1. The first-order valence-electron chi connectivity index (χ1n) is 9.93. The van der Waals surface area contributed by atoms with Crippen LogP contribution in [0, 0.1) is 17.0 Å². The van der Waals surface area contributed by atoms with Gasteiger partial charge in [0.2, 0.25) is 11.7 Å². The molecular formula is C21H20F3N5O3. The van der Waals surface area contributed by atoms with E-state index in [1.54, 1.807) is 4.90 Å². The van der Waals surface area contributed by atoms with Gasteiger partial charge in [-0.2, -0.15) is 18.2 Å². The molecular weight excluding hydrogens is 427 g/mol. The van der Waals surface area contributed by atoms with Gasteiger partial charge in [-0.3, -0.25) is 15.0 Å². The Hall–Kier alpha value is -3.47. The lowest BCUT2D eigenvalue weighted by Crippen LogP contribution is -2.46. The van der Waals surface area contributed by atoms with E-state index in [0.29, 0.717) is 50.5 Å². The molecule has 1 aliphatic heterocycles. The van der Waals surface area contributed by atoms with Crippen molar-refractivity contribution < 1.29 is 22.6 Å². The molecule has 1 saturated heterocycles. The van der Waals surface area contributed by atoms with Gasteiger partial charge in [-0.25, -0.2) is 0 Å². The molecule has 8 nitrogen and oxygen atoms in total. The van der Waals surface area contributed by atoms with Crippen molar-refractivity contribution in [3.05, 3.63) is 69.6 Å². The van der Waals surface area contributed by atoms with Crippen LogP contribution in [0.5, 0.6) is 0 Å². The molecule has 0 saturated carbocycles. The Morgan fingerprint density at radius 3 is 2.41 bits per heavy atom. The Kier molecular flexibility index (Phi) is 5.83. The summed E-state index contributed by atoms with van der Waals surface area (Å²) in [5, 5.41) is 15.4. The Morgan fingerprint density at radius 1 is 1.09 bits per heavy atom. The number of piperazine rings is 1. The summed E-state index contributed by atoms with van der Waals surface area (Å²) in [4.78, 5) is 18.8. The molecule has 0 amide bonds. The molecule has 0 atom stereocenters. The Morgan fingerprint density at radius 2 is 1.78 bits per heavy atom. The Labute approximate surface area is 181 Å². The number of halogens is 3. The molecule has 4 rings (SSSR count). The van der Waals surface area contributed by atoms with Gasteiger partial charge in [0, 0.05) is 37.8 Å². The second-order valence-electron chi connectivity index (χ2n) is 7.60. The number of hydrogen-bond acceptors (Lipinski definition) is 7. The number of hydrogen-bond donors (Lipinski definition) is 0. The lowest BCUT2D eigenvalue weighted by Gasteiger charge is -2.35. The molecule has 0 spiro atoms. The molecule has 2 heterocycles. The van der Waals surface area contributed by atoms with Crippen LogP contribution in [0.1, 0.15) is 17.0 Å². The van der Waals surface area contributed by atoms with Crippen LogP contribution in [0.25, 0.3) is 11.4 Å². The second-order valence-corrected chi connectivity index (χ2v) is 7.60. The summed E-state index contributed by atoms with van der Waals surface area (Å²) in [6, 6.07) is 10.4. The normalized spacial score (nSPS) is 15.2. The van der Waals surface area contributed by atoms with Crippen molar-refractivity contribution in [2.75, 3.05) is 31.1 Å². The summed E-state index contributed by atoms with van der Waals surface area (Å²) in [5.41, 5.74) is 0.580. The summed E-state index contributed by atoms with van der Waals surface area (Å²) in [6.45, 7) is 4.34. The number of rotatable bonds is 5. The van der Waals surface area contributed by atoms with Gasteiger partial charge < -0.3 is 9.42 Å². The molecule has 2 aromatic carbocycles. The van der Waals surface area contributed by atoms with Crippen LogP contribution in [0.2, 0.25) is 0 Å². The van der Waals surface area contributed by atoms with Gasteiger partial charge in [-0.05, 0) is 19.1 Å². The van der Waals surface area contributed by atoms with Crippen molar-refractivity contribution in [2.24, 2.45) is 0 Å². The van der Waals surface area contributed by atoms with E-state index in [1.807, 2.05) is 31.2 Å². The third-order valence-electron chi connectivity index (χ3n) is 5.35. The van der Waals surface area contributed by atoms with Crippen molar-refractivity contribution in [2.45, 2.75) is 19.6 Å². The van der Waals surface area contributed by atoms with Crippen LogP contribution in [-0.4, -0.2) is 46.1 Å². The van der Waals surface area contributed by atoms with E-state index in [0.717, 1.165) is 17.2 Å². The number of nitro groups is 1. The second kappa shape index (κ2) is 8.58. The van der Waals surface area contributed by atoms with E-state index in [-0.39, 0.29) is 5.69 Å². The fourth-order valence-electron chi connectivity index (χ4n) is 3.59. The first-order valence-corrected chi connectivity index (χ1v) is 9.93. The summed E-state index contributed by atoms with van der Waals surface area (Å²) < 4.78 is 44.1. The first-order chi connectivity index (χ1) is 15.2. The van der Waals surface area contributed by atoms with Crippen molar-refractivity contribution in [3.63, 3.8) is 0 Å². The average molecular weight is 447 g/mol. The molecule has 1 fully saturated rings. The van der Waals surface area contributed by atoms with Crippen LogP contribution in [-0.2, 0) is 12.7 Å². The molecule has 1 aliphatic rings. The van der Waals surface area contributed by atoms with Gasteiger partial charge in [0.1, 0.15) is 5.69 Å². The van der Waals surface area contributed by atoms with Gasteiger partial charge in [-0.15, -0.1) is 0 Å². The maximum Gasteiger partial charge on any atom is 0.416 e. The molecule has 0 radical (unpaired) electrons. The van der Waals surface area contributed by atoms with E-state index in [1.165, 1.54) is 6.07 Å². The number of aromatic nitrogens is 2. The van der Waals surface area contributed by atoms with E-state index in [2.05, 4.69) is 15.0 Å². The predicted octanol–water partition coefficient (Wildman–Crippen LogP) is 4.29. The lowest BCUT2D eigenvalue weighted by molar-refractivity contribution is -0.384. The summed E-state index contributed by atoms with van der Waals surface area (Å²) >= 11 is 0. The standard InChI is InChI=1S/C21H20F3N5O3/c1-14-2-4-15(5-3-14)20-25-19(32-26-20)13-27-8-10-28(11-9-27)17-7-6-16(21(22,23)24)12-18(17)29(30)31/h2-7,12H,8-11,13H2,1H3. The molecule has 11 heteroatoms. The highest BCUT2D eigenvalue weighted by molar-refractivity contribution is 5.65. The minimum atomic E-state index is -4.64. The molecule has 0 N–H and O–H groups in total. The maximum absolute atomic E-state index is 12.9. The third-order valence-corrected chi connectivity index (χ3v) is 5.35. The van der Waals surface area contributed by atoms with Crippen molar-refractivity contribution in [1.29, 1.82) is 0 Å². The quantitative estimate of drug-likeness (QED) is 0.426. The molecule has 0 unspecified atom stereocenters. The zero-order valence-electron chi connectivity index (χ0n) is 17.2. The summed E-state index contributed by atoms with van der Waals surface area (Å²) in [5.74, 6) is 0.952. The zero-order chi connectivity index (χ0) is 22.9. The average Bonchev–Trinajstić information content (AvgIpc) is 3.22. The number of nitrogens with zero attached hydrogens (tertiary/aromatic N) is 5. The minimum Gasteiger partial charge on any atom is -0.363 e. The van der Waals surface area contributed by atoms with Gasteiger partial charge in [-0.1, -0.05) is 35.0 Å². The van der Waals surface area contributed by atoms with Crippen molar-refractivity contribution in [1.82, 2.24) is 15.0 Å². The SMILES string of the molecule is Cc1ccc(-c2noc(CN3CCN(c4ccc(C(F)(F)F)cc4[N+](=O)[O-])CC3)n2)cc1. The number of alkyl halides is 3. The Balaban J connectivity index is 1.41. The molecule has 32 heavy (non-hydrogen) atoms. The van der Waals surface area contributed by atoms with Gasteiger partial charge >= 0.3 is 6.18 Å². The monoisotopic (exact) mass is 447 g/mol. The van der Waals surface area contributed by atoms with E-state index >= 15 is 0 Å². The first kappa shape index (κ1) is 21.8. The molecule has 0 aliphatic carbocycles. The highest BCUT2D eigenvalue weighted by atomic mass is 19.4. The van der Waals surface area contributed by atoms with Crippen LogP contribution < -0.4 is 4.90 Å². The largest absolute Gasteiger partial charge is 0.416 e. The molecule has 168 valence electrons. The molecule has 1 aromatic heterocycles. The number of benzene rings is 2. The smallest absolute Gasteiger partial charge is 0.363 e. The van der Waals surface area contributed by atoms with E-state index in [4.69, 9.17) is 4.52 Å². The van der Waals surface area contributed by atoms with E-state index < -0.39 is 22.4 Å². The van der Waals surface area contributed by atoms with Gasteiger partial charge in [0.15, 0.2) is 0 Å². The maximum atomic E-state index is 12.9. The van der Waals surface area contributed by atoms with E-state index in [9.17, 15) is 23.3 Å². The van der Waals surface area contributed by atoms with Crippen molar-refractivity contribution >= 4 is 11.4 Å². The van der Waals surface area contributed by atoms with Crippen LogP contribution >= 0.6 is 0 Å². The van der Waals surface area contributed by atoms with Crippen LogP contribution in [0.4, 0.5) is 24.5 Å². The van der Waals surface area contributed by atoms with Crippen LogP contribution in [0.3, 0.4) is 0 Å². The fourth-order valence-corrected chi connectivity index (χ4v) is 3.59. The summed E-state index contributed by atoms with van der Waals surface area (Å²) in [7, 11) is 0. The number of aryl methyl sites for hydroxylation is 1. The van der Waals surface area contributed by atoms with Crippen molar-refractivity contribution in [3.8, 4) is 11.4 Å². The third kappa shape index (κ3) is 4.72. The minimum absolute atomic E-state index is 0.182. The molecule has 3 aromatic rings. The van der Waals surface area contributed by atoms with Gasteiger partial charge in [0.05, 0.1) is 17.0 Å². The van der Waals surface area contributed by atoms with Crippen LogP contribution in [0.15, 0.2) is 47.0 Å². The lowest BCUT2D eigenvalue weighted by atomic mass is 10.1. The fraction of sp³-hybridized carbons (Fsp3) is 0.333. The zero-order valence-corrected chi connectivity index (χ0v) is 17.2. The highest BCUT2D eigenvalue weighted by Gasteiger charge is 2.34. The Bertz CT molecular complexity index is 1110. The highest BCUT2D eigenvalue weighted by Crippen LogP contribution is 2.36. The predicted molar refractivity (Wildman–Crippen MR) is 110 cm³/mol. The topological polar surface area (TPSA) is 88.5 Å². The number of nitro benzene ring substituents is 1.